The molecule has 0 bridgehead atoms. The predicted octanol–water partition coefficient (Wildman–Crippen LogP) is 3.58. The molecular weight excluding hydrogens is 369 g/mol. The summed E-state index contributed by atoms with van der Waals surface area (Å²) in [7, 11) is 1.27. The lowest BCUT2D eigenvalue weighted by Crippen LogP contribution is -2.14. The number of esters is 1. The molecule has 0 aliphatic carbocycles. The quantitative estimate of drug-likeness (QED) is 0.632. The van der Waals surface area contributed by atoms with Gasteiger partial charge in [0.1, 0.15) is 0 Å². The van der Waals surface area contributed by atoms with E-state index >= 15 is 0 Å². The third-order valence-corrected chi connectivity index (χ3v) is 3.85. The molecule has 2 rings (SSSR count). The van der Waals surface area contributed by atoms with Crippen molar-refractivity contribution in [3.63, 3.8) is 0 Å². The Hall–Kier alpha value is -2.15. The molecule has 23 heavy (non-hydrogen) atoms. The molecule has 0 saturated heterocycles. The first-order valence-corrected chi connectivity index (χ1v) is 7.53. The van der Waals surface area contributed by atoms with Gasteiger partial charge in [-0.15, -0.1) is 0 Å². The van der Waals surface area contributed by atoms with Gasteiger partial charge in [0, 0.05) is 10.2 Å². The average molecular weight is 384 g/mol. The number of rotatable bonds is 5. The highest BCUT2D eigenvalue weighted by molar-refractivity contribution is 9.10. The van der Waals surface area contributed by atoms with Crippen molar-refractivity contribution in [3.8, 4) is 5.75 Å². The number of hydrogen-bond donors (Lipinski definition) is 1. The molecule has 1 aromatic carbocycles. The van der Waals surface area contributed by atoms with Gasteiger partial charge < -0.3 is 14.5 Å². The highest BCUT2D eigenvalue weighted by Crippen LogP contribution is 2.23. The van der Waals surface area contributed by atoms with E-state index in [1.165, 1.54) is 19.2 Å². The summed E-state index contributed by atoms with van der Waals surface area (Å²) < 4.78 is 24.2. The molecule has 0 amide bonds. The molecule has 0 aliphatic rings. The fourth-order valence-electron chi connectivity index (χ4n) is 2.24. The molecule has 1 N–H and O–H groups in total. The first-order valence-electron chi connectivity index (χ1n) is 6.73. The number of aryl methyl sites for hydroxylation is 1. The summed E-state index contributed by atoms with van der Waals surface area (Å²) in [5.74, 6) is -1.49. The molecule has 5 nitrogen and oxygen atoms in total. The first-order chi connectivity index (χ1) is 10.8. The van der Waals surface area contributed by atoms with Crippen LogP contribution in [0.5, 0.6) is 5.75 Å². The number of halogens is 2. The van der Waals surface area contributed by atoms with Crippen LogP contribution in [0.1, 0.15) is 32.1 Å². The van der Waals surface area contributed by atoms with E-state index in [9.17, 15) is 14.0 Å². The van der Waals surface area contributed by atoms with Crippen LogP contribution in [-0.4, -0.2) is 30.5 Å². The molecule has 0 unspecified atom stereocenters. The molecule has 0 radical (unpaired) electrons. The largest absolute Gasteiger partial charge is 0.482 e. The Morgan fingerprint density at radius 1 is 1.30 bits per heavy atom. The molecule has 0 saturated carbocycles. The second-order valence-electron chi connectivity index (χ2n) is 4.90. The van der Waals surface area contributed by atoms with Gasteiger partial charge in [-0.3, -0.25) is 4.79 Å². The Labute approximate surface area is 140 Å². The molecule has 0 spiro atoms. The monoisotopic (exact) mass is 383 g/mol. The zero-order chi connectivity index (χ0) is 17.1. The average Bonchev–Trinajstić information content (AvgIpc) is 2.80. The molecule has 7 heteroatoms. The van der Waals surface area contributed by atoms with Crippen LogP contribution in [0.2, 0.25) is 0 Å². The Bertz CT molecular complexity index is 770. The Kier molecular flexibility index (Phi) is 5.20. The summed E-state index contributed by atoms with van der Waals surface area (Å²) in [5, 5.41) is 0. The third-order valence-electron chi connectivity index (χ3n) is 3.36. The number of methoxy groups -OCH3 is 1. The van der Waals surface area contributed by atoms with E-state index < -0.39 is 11.8 Å². The zero-order valence-corrected chi connectivity index (χ0v) is 14.4. The van der Waals surface area contributed by atoms with Crippen LogP contribution in [0.15, 0.2) is 22.7 Å². The second kappa shape index (κ2) is 6.95. The van der Waals surface area contributed by atoms with Crippen LogP contribution in [0.3, 0.4) is 0 Å². The van der Waals surface area contributed by atoms with Crippen LogP contribution < -0.4 is 4.74 Å². The van der Waals surface area contributed by atoms with E-state index in [0.717, 1.165) is 0 Å². The second-order valence-corrected chi connectivity index (χ2v) is 5.82. The number of Topliss-reactive ketones (excluding diaryl/α,β-unsaturated/α-hetero) is 1. The van der Waals surface area contributed by atoms with Gasteiger partial charge in [-0.2, -0.15) is 0 Å². The Balaban J connectivity index is 2.17. The number of aromatic nitrogens is 1. The maximum Gasteiger partial charge on any atom is 0.339 e. The minimum atomic E-state index is -0.568. The summed E-state index contributed by atoms with van der Waals surface area (Å²) in [5.41, 5.74) is 1.60. The smallest absolute Gasteiger partial charge is 0.339 e. The van der Waals surface area contributed by atoms with Gasteiger partial charge in [0.15, 0.2) is 18.2 Å². The van der Waals surface area contributed by atoms with Gasteiger partial charge in [0.05, 0.1) is 18.4 Å². The molecule has 1 heterocycles. The fourth-order valence-corrected chi connectivity index (χ4v) is 2.58. The minimum Gasteiger partial charge on any atom is -0.482 e. The molecule has 122 valence electrons. The number of nitrogens with one attached hydrogen (secondary N) is 1. The van der Waals surface area contributed by atoms with E-state index in [0.29, 0.717) is 21.3 Å². The Morgan fingerprint density at radius 3 is 2.61 bits per heavy atom. The number of aromatic amines is 1. The number of hydrogen-bond acceptors (Lipinski definition) is 4. The number of ketones is 1. The van der Waals surface area contributed by atoms with Gasteiger partial charge in [-0.25, -0.2) is 9.18 Å². The van der Waals surface area contributed by atoms with Crippen LogP contribution in [0, 0.1) is 19.7 Å². The zero-order valence-electron chi connectivity index (χ0n) is 12.8. The van der Waals surface area contributed by atoms with Gasteiger partial charge >= 0.3 is 5.97 Å². The summed E-state index contributed by atoms with van der Waals surface area (Å²) in [4.78, 5) is 26.8. The van der Waals surface area contributed by atoms with Gasteiger partial charge in [0.25, 0.3) is 0 Å². The molecule has 0 atom stereocenters. The summed E-state index contributed by atoms with van der Waals surface area (Å²) in [6.45, 7) is 2.97. The molecule has 0 fully saturated rings. The SMILES string of the molecule is COC(=O)c1c(C)[nH]c(C(=O)COc2ccc(Br)cc2F)c1C. The summed E-state index contributed by atoms with van der Waals surface area (Å²) in [6, 6.07) is 4.29. The van der Waals surface area contributed by atoms with E-state index in [1.807, 2.05) is 0 Å². The van der Waals surface area contributed by atoms with E-state index in [1.54, 1.807) is 19.9 Å². The van der Waals surface area contributed by atoms with Gasteiger partial charge in [0.2, 0.25) is 5.78 Å². The van der Waals surface area contributed by atoms with Crippen LogP contribution in [-0.2, 0) is 4.74 Å². The van der Waals surface area contributed by atoms with Crippen molar-refractivity contribution < 1.29 is 23.5 Å². The molecule has 0 aliphatic heterocycles. The lowest BCUT2D eigenvalue weighted by Gasteiger charge is -2.07. The highest BCUT2D eigenvalue weighted by atomic mass is 79.9. The maximum atomic E-state index is 13.7. The number of carbonyl (C=O) groups excluding carboxylic acids is 2. The van der Waals surface area contributed by atoms with Crippen molar-refractivity contribution in [2.75, 3.05) is 13.7 Å². The topological polar surface area (TPSA) is 68.4 Å². The van der Waals surface area contributed by atoms with Crippen molar-refractivity contribution in [1.82, 2.24) is 4.98 Å². The van der Waals surface area contributed by atoms with Crippen molar-refractivity contribution >= 4 is 27.7 Å². The normalized spacial score (nSPS) is 10.5. The van der Waals surface area contributed by atoms with E-state index in [-0.39, 0.29) is 23.8 Å². The van der Waals surface area contributed by atoms with Crippen LogP contribution in [0.25, 0.3) is 0 Å². The fraction of sp³-hybridized carbons (Fsp3) is 0.250. The highest BCUT2D eigenvalue weighted by Gasteiger charge is 2.22. The van der Waals surface area contributed by atoms with Crippen LogP contribution >= 0.6 is 15.9 Å². The Morgan fingerprint density at radius 2 is 2.00 bits per heavy atom. The lowest BCUT2D eigenvalue weighted by molar-refractivity contribution is 0.0599. The van der Waals surface area contributed by atoms with Gasteiger partial charge in [-0.05, 0) is 37.6 Å². The molecular formula is C16H15BrFNO4. The summed E-state index contributed by atoms with van der Waals surface area (Å²) >= 11 is 3.14. The first kappa shape index (κ1) is 17.2. The van der Waals surface area contributed by atoms with Gasteiger partial charge in [-0.1, -0.05) is 15.9 Å². The standard InChI is InChI=1S/C16H15BrFNO4/c1-8-14(16(21)22-3)9(2)19-15(8)12(20)7-23-13-5-4-10(17)6-11(13)18/h4-6,19H,7H2,1-3H3. The summed E-state index contributed by atoms with van der Waals surface area (Å²) in [6.07, 6.45) is 0. The van der Waals surface area contributed by atoms with E-state index in [4.69, 9.17) is 9.47 Å². The van der Waals surface area contributed by atoms with E-state index in [2.05, 4.69) is 20.9 Å². The number of benzene rings is 1. The molecule has 2 aromatic rings. The number of ether oxygens (including phenoxy) is 2. The number of carbonyl (C=O) groups is 2. The van der Waals surface area contributed by atoms with Crippen LogP contribution in [0.4, 0.5) is 4.39 Å². The van der Waals surface area contributed by atoms with Crippen molar-refractivity contribution in [2.24, 2.45) is 0 Å². The minimum absolute atomic E-state index is 0.0179. The predicted molar refractivity (Wildman–Crippen MR) is 85.5 cm³/mol. The van der Waals surface area contributed by atoms with Crippen molar-refractivity contribution in [3.05, 3.63) is 51.0 Å². The molecule has 1 aromatic heterocycles. The van der Waals surface area contributed by atoms with Crippen molar-refractivity contribution in [1.29, 1.82) is 0 Å². The van der Waals surface area contributed by atoms with Crippen molar-refractivity contribution in [2.45, 2.75) is 13.8 Å². The lowest BCUT2D eigenvalue weighted by atomic mass is 10.1. The number of H-pyrrole nitrogens is 1. The third kappa shape index (κ3) is 3.61. The maximum absolute atomic E-state index is 13.7.